The molecule has 0 saturated carbocycles. The van der Waals surface area contributed by atoms with Gasteiger partial charge in [-0.15, -0.1) is 0 Å². The molecule has 0 amide bonds. The highest BCUT2D eigenvalue weighted by molar-refractivity contribution is 5.81. The molecule has 13 heavy (non-hydrogen) atoms. The van der Waals surface area contributed by atoms with Gasteiger partial charge in [0.1, 0.15) is 5.82 Å². The SMILES string of the molecule is Nc1ccnn1C(=O)CC1COC1. The van der Waals surface area contributed by atoms with Crippen LogP contribution < -0.4 is 5.73 Å². The van der Waals surface area contributed by atoms with E-state index in [2.05, 4.69) is 5.10 Å². The summed E-state index contributed by atoms with van der Waals surface area (Å²) in [5.41, 5.74) is 5.53. The highest BCUT2D eigenvalue weighted by atomic mass is 16.5. The maximum atomic E-state index is 11.5. The zero-order chi connectivity index (χ0) is 9.26. The van der Waals surface area contributed by atoms with Gasteiger partial charge in [0.15, 0.2) is 0 Å². The fraction of sp³-hybridized carbons (Fsp3) is 0.500. The molecule has 5 heteroatoms. The van der Waals surface area contributed by atoms with Crippen molar-refractivity contribution in [3.05, 3.63) is 12.3 Å². The number of nitrogens with two attached hydrogens (primary N) is 1. The van der Waals surface area contributed by atoms with Crippen molar-refractivity contribution in [3.8, 4) is 0 Å². The molecular weight excluding hydrogens is 170 g/mol. The number of anilines is 1. The van der Waals surface area contributed by atoms with Crippen LogP contribution in [0, 0.1) is 5.92 Å². The predicted molar refractivity (Wildman–Crippen MR) is 46.2 cm³/mol. The molecule has 0 aliphatic carbocycles. The number of nitrogens with zero attached hydrogens (tertiary/aromatic N) is 2. The van der Waals surface area contributed by atoms with Gasteiger partial charge < -0.3 is 10.5 Å². The third-order valence-electron chi connectivity index (χ3n) is 2.08. The number of aromatic nitrogens is 2. The van der Waals surface area contributed by atoms with Crippen LogP contribution >= 0.6 is 0 Å². The van der Waals surface area contributed by atoms with E-state index in [4.69, 9.17) is 10.5 Å². The maximum Gasteiger partial charge on any atom is 0.249 e. The summed E-state index contributed by atoms with van der Waals surface area (Å²) in [5.74, 6) is 0.678. The molecule has 0 radical (unpaired) electrons. The van der Waals surface area contributed by atoms with Crippen LogP contribution in [-0.4, -0.2) is 28.9 Å². The third kappa shape index (κ3) is 1.55. The first-order chi connectivity index (χ1) is 6.27. The van der Waals surface area contributed by atoms with Crippen LogP contribution in [0.2, 0.25) is 0 Å². The highest BCUT2D eigenvalue weighted by Gasteiger charge is 2.23. The second-order valence-corrected chi connectivity index (χ2v) is 3.17. The Kier molecular flexibility index (Phi) is 2.02. The van der Waals surface area contributed by atoms with E-state index in [1.165, 1.54) is 10.9 Å². The van der Waals surface area contributed by atoms with Crippen molar-refractivity contribution in [1.82, 2.24) is 9.78 Å². The number of hydrogen-bond acceptors (Lipinski definition) is 4. The minimum Gasteiger partial charge on any atom is -0.383 e. The summed E-state index contributed by atoms with van der Waals surface area (Å²) >= 11 is 0. The van der Waals surface area contributed by atoms with Crippen molar-refractivity contribution in [1.29, 1.82) is 0 Å². The Morgan fingerprint density at radius 3 is 3.00 bits per heavy atom. The van der Waals surface area contributed by atoms with E-state index in [-0.39, 0.29) is 5.91 Å². The van der Waals surface area contributed by atoms with Gasteiger partial charge in [-0.3, -0.25) is 4.79 Å². The lowest BCUT2D eigenvalue weighted by atomic mass is 10.0. The molecule has 1 fully saturated rings. The summed E-state index contributed by atoms with van der Waals surface area (Å²) in [7, 11) is 0. The van der Waals surface area contributed by atoms with E-state index in [1.807, 2.05) is 0 Å². The second-order valence-electron chi connectivity index (χ2n) is 3.17. The van der Waals surface area contributed by atoms with Crippen molar-refractivity contribution in [2.24, 2.45) is 5.92 Å². The molecule has 2 heterocycles. The molecule has 1 aliphatic heterocycles. The monoisotopic (exact) mass is 181 g/mol. The number of nitrogen functional groups attached to an aromatic ring is 1. The van der Waals surface area contributed by atoms with Gasteiger partial charge in [0.2, 0.25) is 5.91 Å². The zero-order valence-electron chi connectivity index (χ0n) is 7.14. The van der Waals surface area contributed by atoms with Gasteiger partial charge in [0.05, 0.1) is 19.4 Å². The lowest BCUT2D eigenvalue weighted by molar-refractivity contribution is -0.0333. The summed E-state index contributed by atoms with van der Waals surface area (Å²) in [4.78, 5) is 11.5. The molecule has 0 atom stereocenters. The van der Waals surface area contributed by atoms with Crippen LogP contribution in [0.1, 0.15) is 11.2 Å². The minimum absolute atomic E-state index is 0.0594. The lowest BCUT2D eigenvalue weighted by Crippen LogP contribution is -2.31. The van der Waals surface area contributed by atoms with Gasteiger partial charge in [0.25, 0.3) is 0 Å². The summed E-state index contributed by atoms with van der Waals surface area (Å²) in [6, 6.07) is 1.61. The Hall–Kier alpha value is -1.36. The minimum atomic E-state index is -0.0594. The number of carbonyl (C=O) groups excluding carboxylic acids is 1. The molecule has 1 aromatic heterocycles. The van der Waals surface area contributed by atoms with Crippen molar-refractivity contribution >= 4 is 11.7 Å². The summed E-state index contributed by atoms with van der Waals surface area (Å²) in [6.45, 7) is 1.35. The molecule has 0 unspecified atom stereocenters. The van der Waals surface area contributed by atoms with Gasteiger partial charge >= 0.3 is 0 Å². The molecule has 2 rings (SSSR count). The van der Waals surface area contributed by atoms with Crippen molar-refractivity contribution in [2.45, 2.75) is 6.42 Å². The average molecular weight is 181 g/mol. The quantitative estimate of drug-likeness (QED) is 0.704. The topological polar surface area (TPSA) is 70.1 Å². The zero-order valence-corrected chi connectivity index (χ0v) is 7.14. The number of hydrogen-bond donors (Lipinski definition) is 1. The van der Waals surface area contributed by atoms with Crippen LogP contribution in [0.3, 0.4) is 0 Å². The molecular formula is C8H11N3O2. The Labute approximate surface area is 75.5 Å². The van der Waals surface area contributed by atoms with Gasteiger partial charge in [-0.05, 0) is 0 Å². The van der Waals surface area contributed by atoms with Crippen LogP contribution in [-0.2, 0) is 4.74 Å². The Bertz CT molecular complexity index is 317. The van der Waals surface area contributed by atoms with Crippen molar-refractivity contribution in [3.63, 3.8) is 0 Å². The van der Waals surface area contributed by atoms with E-state index < -0.39 is 0 Å². The number of rotatable bonds is 2. The van der Waals surface area contributed by atoms with Crippen LogP contribution in [0.4, 0.5) is 5.82 Å². The highest BCUT2D eigenvalue weighted by Crippen LogP contribution is 2.15. The molecule has 0 aromatic carbocycles. The van der Waals surface area contributed by atoms with Gasteiger partial charge in [-0.2, -0.15) is 9.78 Å². The molecule has 1 saturated heterocycles. The normalized spacial score (nSPS) is 16.9. The standard InChI is InChI=1S/C8H11N3O2/c9-7-1-2-10-11(7)8(12)3-6-4-13-5-6/h1-2,6H,3-5,9H2. The van der Waals surface area contributed by atoms with E-state index in [9.17, 15) is 4.79 Å². The van der Waals surface area contributed by atoms with Crippen molar-refractivity contribution in [2.75, 3.05) is 18.9 Å². The first-order valence-electron chi connectivity index (χ1n) is 4.18. The predicted octanol–water partition coefficient (Wildman–Crippen LogP) is 0.142. The van der Waals surface area contributed by atoms with Gasteiger partial charge in [-0.1, -0.05) is 0 Å². The number of carbonyl (C=O) groups is 1. The Morgan fingerprint density at radius 1 is 1.77 bits per heavy atom. The molecule has 1 aliphatic rings. The van der Waals surface area contributed by atoms with E-state index in [0.29, 0.717) is 31.4 Å². The lowest BCUT2D eigenvalue weighted by Gasteiger charge is -2.24. The molecule has 5 nitrogen and oxygen atoms in total. The Balaban J connectivity index is 2.00. The molecule has 1 aromatic rings. The second kappa shape index (κ2) is 3.18. The van der Waals surface area contributed by atoms with E-state index >= 15 is 0 Å². The van der Waals surface area contributed by atoms with Crippen molar-refractivity contribution < 1.29 is 9.53 Å². The summed E-state index contributed by atoms with van der Waals surface area (Å²) < 4.78 is 6.20. The molecule has 0 bridgehead atoms. The summed E-state index contributed by atoms with van der Waals surface area (Å²) in [5, 5.41) is 3.83. The molecule has 0 spiro atoms. The smallest absolute Gasteiger partial charge is 0.249 e. The molecule has 2 N–H and O–H groups in total. The molecule has 70 valence electrons. The average Bonchev–Trinajstić information content (AvgIpc) is 2.43. The fourth-order valence-electron chi connectivity index (χ4n) is 1.26. The van der Waals surface area contributed by atoms with E-state index in [0.717, 1.165) is 0 Å². The van der Waals surface area contributed by atoms with Gasteiger partial charge in [0, 0.05) is 18.4 Å². The first kappa shape index (κ1) is 8.25. The van der Waals surface area contributed by atoms with Crippen LogP contribution in [0.15, 0.2) is 12.3 Å². The largest absolute Gasteiger partial charge is 0.383 e. The van der Waals surface area contributed by atoms with Crippen LogP contribution in [0.5, 0.6) is 0 Å². The summed E-state index contributed by atoms with van der Waals surface area (Å²) in [6.07, 6.45) is 1.98. The number of ether oxygens (including phenoxy) is 1. The van der Waals surface area contributed by atoms with E-state index in [1.54, 1.807) is 6.07 Å². The first-order valence-corrected chi connectivity index (χ1v) is 4.18. The van der Waals surface area contributed by atoms with Gasteiger partial charge in [-0.25, -0.2) is 0 Å². The fourth-order valence-corrected chi connectivity index (χ4v) is 1.26. The Morgan fingerprint density at radius 2 is 2.54 bits per heavy atom. The third-order valence-corrected chi connectivity index (χ3v) is 2.08. The van der Waals surface area contributed by atoms with Crippen LogP contribution in [0.25, 0.3) is 0 Å². The maximum absolute atomic E-state index is 11.5.